The Labute approximate surface area is 208 Å². The van der Waals surface area contributed by atoms with Crippen molar-refractivity contribution in [2.24, 2.45) is 5.92 Å². The molecule has 0 unspecified atom stereocenters. The van der Waals surface area contributed by atoms with Gasteiger partial charge in [-0.15, -0.1) is 5.10 Å². The minimum atomic E-state index is -0.388. The molecule has 2 aromatic carbocycles. The van der Waals surface area contributed by atoms with E-state index in [1.165, 1.54) is 12.1 Å². The van der Waals surface area contributed by atoms with E-state index < -0.39 is 0 Å². The van der Waals surface area contributed by atoms with Gasteiger partial charge in [0.1, 0.15) is 11.6 Å². The van der Waals surface area contributed by atoms with Crippen LogP contribution in [-0.2, 0) is 4.74 Å². The number of hydrogen-bond acceptors (Lipinski definition) is 6. The van der Waals surface area contributed by atoms with Crippen LogP contribution in [0.5, 0.6) is 11.6 Å². The number of anilines is 1. The van der Waals surface area contributed by atoms with Gasteiger partial charge in [0, 0.05) is 50.1 Å². The molecule has 1 amide bonds. The number of fused-ring (bicyclic) bond motifs is 1. The molecule has 8 nitrogen and oxygen atoms in total. The van der Waals surface area contributed by atoms with Gasteiger partial charge in [0.25, 0.3) is 5.91 Å². The van der Waals surface area contributed by atoms with Crippen LogP contribution in [0.15, 0.2) is 54.7 Å². The largest absolute Gasteiger partial charge is 0.437 e. The number of nitrogens with one attached hydrogen (secondary N) is 2. The summed E-state index contributed by atoms with van der Waals surface area (Å²) in [6, 6.07) is 13.3. The standard InChI is InChI=1S/C27H28FN5O3/c1-17-12-19(6-7-22(17)27(34)29-2)24-16-31-26-23(30-15-18-8-10-35-11-9-18)14-25(32-33(24)26)36-21-5-3-4-20(28)13-21/h3-7,12-14,16,18,30H,8-11,15H2,1-2H3,(H,29,34). The molecule has 9 heteroatoms. The quantitative estimate of drug-likeness (QED) is 0.386. The molecule has 0 atom stereocenters. The van der Waals surface area contributed by atoms with Crippen molar-refractivity contribution < 1.29 is 18.7 Å². The Kier molecular flexibility index (Phi) is 6.81. The molecular formula is C27H28FN5O3. The van der Waals surface area contributed by atoms with Gasteiger partial charge in [0.2, 0.25) is 5.88 Å². The molecule has 0 spiro atoms. The van der Waals surface area contributed by atoms with E-state index in [2.05, 4.69) is 20.7 Å². The summed E-state index contributed by atoms with van der Waals surface area (Å²) in [7, 11) is 1.61. The Morgan fingerprint density at radius 1 is 1.19 bits per heavy atom. The Morgan fingerprint density at radius 3 is 2.78 bits per heavy atom. The van der Waals surface area contributed by atoms with Crippen molar-refractivity contribution in [3.63, 3.8) is 0 Å². The van der Waals surface area contributed by atoms with Crippen LogP contribution in [-0.4, -0.2) is 47.3 Å². The van der Waals surface area contributed by atoms with Gasteiger partial charge < -0.3 is 20.1 Å². The van der Waals surface area contributed by atoms with Crippen molar-refractivity contribution in [1.82, 2.24) is 19.9 Å². The predicted molar refractivity (Wildman–Crippen MR) is 135 cm³/mol. The van der Waals surface area contributed by atoms with Crippen molar-refractivity contribution in [2.75, 3.05) is 32.1 Å². The first-order valence-corrected chi connectivity index (χ1v) is 12.0. The van der Waals surface area contributed by atoms with Crippen LogP contribution in [0.4, 0.5) is 10.1 Å². The summed E-state index contributed by atoms with van der Waals surface area (Å²) in [4.78, 5) is 16.8. The minimum absolute atomic E-state index is 0.138. The zero-order valence-corrected chi connectivity index (χ0v) is 20.3. The number of hydrogen-bond donors (Lipinski definition) is 2. The zero-order valence-electron chi connectivity index (χ0n) is 20.3. The lowest BCUT2D eigenvalue weighted by Crippen LogP contribution is -2.23. The van der Waals surface area contributed by atoms with Crippen LogP contribution in [0.2, 0.25) is 0 Å². The van der Waals surface area contributed by atoms with E-state index in [4.69, 9.17) is 9.47 Å². The molecule has 3 heterocycles. The Balaban J connectivity index is 1.54. The number of ether oxygens (including phenoxy) is 2. The summed E-state index contributed by atoms with van der Waals surface area (Å²) >= 11 is 0. The fourth-order valence-electron chi connectivity index (χ4n) is 4.39. The smallest absolute Gasteiger partial charge is 0.251 e. The number of nitrogens with zero attached hydrogens (tertiary/aromatic N) is 3. The topological polar surface area (TPSA) is 89.8 Å². The van der Waals surface area contributed by atoms with Crippen molar-refractivity contribution in [2.45, 2.75) is 19.8 Å². The van der Waals surface area contributed by atoms with Gasteiger partial charge in [-0.05, 0) is 55.5 Å². The number of imidazole rings is 1. The molecule has 1 fully saturated rings. The third-order valence-electron chi connectivity index (χ3n) is 6.38. The van der Waals surface area contributed by atoms with Gasteiger partial charge in [-0.3, -0.25) is 4.79 Å². The normalized spacial score (nSPS) is 14.1. The molecule has 2 N–H and O–H groups in total. The maximum atomic E-state index is 13.8. The van der Waals surface area contributed by atoms with Crippen LogP contribution < -0.4 is 15.4 Å². The van der Waals surface area contributed by atoms with Crippen LogP contribution in [0.3, 0.4) is 0 Å². The zero-order chi connectivity index (χ0) is 25.1. The van der Waals surface area contributed by atoms with Crippen LogP contribution in [0.1, 0.15) is 28.8 Å². The third-order valence-corrected chi connectivity index (χ3v) is 6.38. The number of halogens is 1. The van der Waals surface area contributed by atoms with Crippen molar-refractivity contribution >= 4 is 17.2 Å². The Morgan fingerprint density at radius 2 is 2.03 bits per heavy atom. The Bertz CT molecular complexity index is 1400. The monoisotopic (exact) mass is 489 g/mol. The lowest BCUT2D eigenvalue weighted by Gasteiger charge is -2.22. The molecule has 5 rings (SSSR count). The van der Waals surface area contributed by atoms with Crippen molar-refractivity contribution in [3.8, 4) is 22.9 Å². The summed E-state index contributed by atoms with van der Waals surface area (Å²) in [5, 5.41) is 10.8. The van der Waals surface area contributed by atoms with Crippen LogP contribution >= 0.6 is 0 Å². The van der Waals surface area contributed by atoms with Crippen LogP contribution in [0, 0.1) is 18.7 Å². The van der Waals surface area contributed by atoms with Crippen molar-refractivity contribution in [3.05, 3.63) is 71.7 Å². The first-order chi connectivity index (χ1) is 17.5. The fourth-order valence-corrected chi connectivity index (χ4v) is 4.39. The molecule has 0 bridgehead atoms. The number of benzene rings is 2. The summed E-state index contributed by atoms with van der Waals surface area (Å²) in [6.45, 7) is 4.20. The van der Waals surface area contributed by atoms with Gasteiger partial charge in [-0.2, -0.15) is 0 Å². The molecule has 1 saturated heterocycles. The highest BCUT2D eigenvalue weighted by atomic mass is 19.1. The van der Waals surface area contributed by atoms with E-state index in [9.17, 15) is 9.18 Å². The van der Waals surface area contributed by atoms with Gasteiger partial charge in [0.05, 0.1) is 17.6 Å². The van der Waals surface area contributed by atoms with E-state index in [-0.39, 0.29) is 11.7 Å². The molecule has 0 saturated carbocycles. The number of carbonyl (C=O) groups excluding carboxylic acids is 1. The SMILES string of the molecule is CNC(=O)c1ccc(-c2cnc3c(NCC4CCOCC4)cc(Oc4cccc(F)c4)nn23)cc1C. The highest BCUT2D eigenvalue weighted by Crippen LogP contribution is 2.30. The summed E-state index contributed by atoms with van der Waals surface area (Å²) in [5.41, 5.74) is 4.47. The molecule has 1 aliphatic rings. The highest BCUT2D eigenvalue weighted by Gasteiger charge is 2.18. The molecule has 2 aromatic heterocycles. The second-order valence-electron chi connectivity index (χ2n) is 8.88. The highest BCUT2D eigenvalue weighted by molar-refractivity contribution is 5.96. The third kappa shape index (κ3) is 5.01. The van der Waals surface area contributed by atoms with Crippen molar-refractivity contribution in [1.29, 1.82) is 0 Å². The predicted octanol–water partition coefficient (Wildman–Crippen LogP) is 4.83. The first-order valence-electron chi connectivity index (χ1n) is 12.0. The van der Waals surface area contributed by atoms with Gasteiger partial charge in [-0.1, -0.05) is 12.1 Å². The minimum Gasteiger partial charge on any atom is -0.437 e. The number of carbonyl (C=O) groups is 1. The van der Waals surface area contributed by atoms with Crippen LogP contribution in [0.25, 0.3) is 16.9 Å². The maximum Gasteiger partial charge on any atom is 0.251 e. The van der Waals surface area contributed by atoms with E-state index in [1.807, 2.05) is 19.1 Å². The number of amides is 1. The van der Waals surface area contributed by atoms with E-state index in [0.29, 0.717) is 28.8 Å². The number of rotatable bonds is 7. The summed E-state index contributed by atoms with van der Waals surface area (Å²) in [6.07, 6.45) is 3.75. The Hall–Kier alpha value is -3.98. The average molecular weight is 490 g/mol. The number of aryl methyl sites for hydroxylation is 1. The van der Waals surface area contributed by atoms with E-state index in [1.54, 1.807) is 42.0 Å². The molecule has 36 heavy (non-hydrogen) atoms. The van der Waals surface area contributed by atoms with Gasteiger partial charge in [0.15, 0.2) is 5.65 Å². The molecule has 4 aromatic rings. The lowest BCUT2D eigenvalue weighted by atomic mass is 10.0. The lowest BCUT2D eigenvalue weighted by molar-refractivity contribution is 0.0699. The average Bonchev–Trinajstić information content (AvgIpc) is 3.31. The first kappa shape index (κ1) is 23.7. The van der Waals surface area contributed by atoms with E-state index in [0.717, 1.165) is 55.1 Å². The fraction of sp³-hybridized carbons (Fsp3) is 0.296. The second kappa shape index (κ2) is 10.3. The molecule has 0 radical (unpaired) electrons. The molecule has 1 aliphatic heterocycles. The van der Waals surface area contributed by atoms with Gasteiger partial charge >= 0.3 is 0 Å². The maximum absolute atomic E-state index is 13.8. The summed E-state index contributed by atoms with van der Waals surface area (Å²) < 4.78 is 26.9. The molecule has 186 valence electrons. The van der Waals surface area contributed by atoms with Gasteiger partial charge in [-0.25, -0.2) is 13.9 Å². The summed E-state index contributed by atoms with van der Waals surface area (Å²) in [5.74, 6) is 0.626. The molecular weight excluding hydrogens is 461 g/mol. The second-order valence-corrected chi connectivity index (χ2v) is 8.88. The van der Waals surface area contributed by atoms with E-state index >= 15 is 0 Å². The number of aromatic nitrogens is 3. The molecule has 0 aliphatic carbocycles.